The molecule has 0 unspecified atom stereocenters. The Labute approximate surface area is 78.3 Å². The van der Waals surface area contributed by atoms with Crippen molar-refractivity contribution < 1.29 is 0 Å². The van der Waals surface area contributed by atoms with Crippen LogP contribution in [0.4, 0.5) is 5.82 Å². The fraction of sp³-hybridized carbons (Fsp3) is 0.500. The van der Waals surface area contributed by atoms with Crippen LogP contribution in [-0.4, -0.2) is 4.98 Å². The van der Waals surface area contributed by atoms with E-state index in [1.807, 2.05) is 6.92 Å². The van der Waals surface area contributed by atoms with Crippen LogP contribution in [0.5, 0.6) is 0 Å². The second-order valence-electron chi connectivity index (χ2n) is 3.60. The first-order chi connectivity index (χ1) is 6.31. The van der Waals surface area contributed by atoms with Gasteiger partial charge in [0.15, 0.2) is 0 Å². The Kier molecular flexibility index (Phi) is 2.19. The monoisotopic (exact) mass is 177 g/mol. The molecule has 0 saturated heterocycles. The van der Waals surface area contributed by atoms with E-state index in [0.29, 0.717) is 0 Å². The van der Waals surface area contributed by atoms with Gasteiger partial charge in [-0.2, -0.15) is 0 Å². The van der Waals surface area contributed by atoms with Crippen molar-refractivity contribution in [3.05, 3.63) is 22.9 Å². The molecule has 0 amide bonds. The molecule has 0 aliphatic heterocycles. The Hall–Kier alpha value is -1.09. The molecule has 3 heteroatoms. The van der Waals surface area contributed by atoms with E-state index in [9.17, 15) is 0 Å². The number of nitrogens with zero attached hydrogens (tertiary/aromatic N) is 1. The number of nitrogens with two attached hydrogens (primary N) is 1. The lowest BCUT2D eigenvalue weighted by Gasteiger charge is -2.18. The van der Waals surface area contributed by atoms with Crippen LogP contribution in [0.3, 0.4) is 0 Å². The molecular formula is C10H15N3. The van der Waals surface area contributed by atoms with Gasteiger partial charge in [0.1, 0.15) is 5.82 Å². The Balaban J connectivity index is 2.50. The number of hydrogen-bond acceptors (Lipinski definition) is 3. The molecular weight excluding hydrogens is 162 g/mol. The average molecular weight is 177 g/mol. The van der Waals surface area contributed by atoms with E-state index >= 15 is 0 Å². The molecule has 0 fully saturated rings. The van der Waals surface area contributed by atoms with Crippen LogP contribution in [-0.2, 0) is 12.8 Å². The van der Waals surface area contributed by atoms with Gasteiger partial charge in [-0.1, -0.05) is 0 Å². The summed E-state index contributed by atoms with van der Waals surface area (Å²) in [6, 6.07) is 2.18. The normalized spacial score (nSPS) is 15.2. The molecule has 0 spiro atoms. The standard InChI is InChI=1S/C10H15N3/c1-7-6-8-4-2-3-5-9(8)10(12-7)13-11/h6H,2-5,11H2,1H3,(H,12,13). The molecule has 0 radical (unpaired) electrons. The first-order valence-corrected chi connectivity index (χ1v) is 4.77. The average Bonchev–Trinajstić information content (AvgIpc) is 2.16. The third kappa shape index (κ3) is 1.52. The fourth-order valence-electron chi connectivity index (χ4n) is 2.01. The van der Waals surface area contributed by atoms with Crippen molar-refractivity contribution in [3.63, 3.8) is 0 Å². The molecule has 1 aromatic rings. The Morgan fingerprint density at radius 3 is 2.92 bits per heavy atom. The summed E-state index contributed by atoms with van der Waals surface area (Å²) in [4.78, 5) is 4.37. The molecule has 2 rings (SSSR count). The van der Waals surface area contributed by atoms with Crippen molar-refractivity contribution >= 4 is 5.82 Å². The number of nitrogens with one attached hydrogen (secondary N) is 1. The van der Waals surface area contributed by atoms with Crippen LogP contribution in [0.2, 0.25) is 0 Å². The third-order valence-electron chi connectivity index (χ3n) is 2.60. The van der Waals surface area contributed by atoms with E-state index in [4.69, 9.17) is 5.84 Å². The minimum atomic E-state index is 0.870. The molecule has 1 aliphatic rings. The Morgan fingerprint density at radius 2 is 2.15 bits per heavy atom. The number of hydrogen-bond donors (Lipinski definition) is 2. The summed E-state index contributed by atoms with van der Waals surface area (Å²) in [7, 11) is 0. The van der Waals surface area contributed by atoms with Crippen LogP contribution in [0.1, 0.15) is 29.7 Å². The minimum absolute atomic E-state index is 0.870. The first-order valence-electron chi connectivity index (χ1n) is 4.77. The lowest BCUT2D eigenvalue weighted by Crippen LogP contribution is -2.15. The van der Waals surface area contributed by atoms with E-state index in [1.165, 1.54) is 30.4 Å². The summed E-state index contributed by atoms with van der Waals surface area (Å²) in [6.45, 7) is 2.01. The van der Waals surface area contributed by atoms with Gasteiger partial charge in [0, 0.05) is 5.69 Å². The van der Waals surface area contributed by atoms with Gasteiger partial charge in [0.2, 0.25) is 0 Å². The highest BCUT2D eigenvalue weighted by Gasteiger charge is 2.14. The number of hydrazine groups is 1. The van der Waals surface area contributed by atoms with Gasteiger partial charge in [0.25, 0.3) is 0 Å². The number of aromatic nitrogens is 1. The maximum absolute atomic E-state index is 5.43. The molecule has 1 heterocycles. The minimum Gasteiger partial charge on any atom is -0.308 e. The second kappa shape index (κ2) is 3.34. The van der Waals surface area contributed by atoms with Crippen molar-refractivity contribution in [2.24, 2.45) is 5.84 Å². The summed E-state index contributed by atoms with van der Waals surface area (Å²) < 4.78 is 0. The Bertz CT molecular complexity index is 303. The van der Waals surface area contributed by atoms with E-state index in [0.717, 1.165) is 17.9 Å². The van der Waals surface area contributed by atoms with Crippen molar-refractivity contribution in [2.45, 2.75) is 32.6 Å². The number of fused-ring (bicyclic) bond motifs is 1. The maximum Gasteiger partial charge on any atom is 0.143 e. The molecule has 0 saturated carbocycles. The lowest BCUT2D eigenvalue weighted by molar-refractivity contribution is 0.682. The first kappa shape index (κ1) is 8.51. The van der Waals surface area contributed by atoms with Gasteiger partial charge in [-0.05, 0) is 49.8 Å². The van der Waals surface area contributed by atoms with Gasteiger partial charge >= 0.3 is 0 Å². The van der Waals surface area contributed by atoms with Gasteiger partial charge in [-0.25, -0.2) is 10.8 Å². The predicted octanol–water partition coefficient (Wildman–Crippen LogP) is 1.55. The third-order valence-corrected chi connectivity index (χ3v) is 2.60. The van der Waals surface area contributed by atoms with E-state index < -0.39 is 0 Å². The van der Waals surface area contributed by atoms with Crippen LogP contribution in [0.15, 0.2) is 6.07 Å². The number of pyridine rings is 1. The fourth-order valence-corrected chi connectivity index (χ4v) is 2.01. The molecule has 13 heavy (non-hydrogen) atoms. The second-order valence-corrected chi connectivity index (χ2v) is 3.60. The van der Waals surface area contributed by atoms with Gasteiger partial charge in [-0.3, -0.25) is 0 Å². The zero-order chi connectivity index (χ0) is 9.26. The number of rotatable bonds is 1. The van der Waals surface area contributed by atoms with E-state index in [1.54, 1.807) is 0 Å². The van der Waals surface area contributed by atoms with Gasteiger partial charge in [-0.15, -0.1) is 0 Å². The molecule has 0 bridgehead atoms. The SMILES string of the molecule is Cc1cc2c(c(NN)n1)CCCC2. The smallest absolute Gasteiger partial charge is 0.143 e. The van der Waals surface area contributed by atoms with Crippen LogP contribution >= 0.6 is 0 Å². The molecule has 1 aromatic heterocycles. The highest BCUT2D eigenvalue weighted by Crippen LogP contribution is 2.26. The maximum atomic E-state index is 5.43. The highest BCUT2D eigenvalue weighted by molar-refractivity contribution is 5.49. The van der Waals surface area contributed by atoms with Crippen LogP contribution in [0, 0.1) is 6.92 Å². The largest absolute Gasteiger partial charge is 0.308 e. The summed E-state index contributed by atoms with van der Waals surface area (Å²) in [6.07, 6.45) is 4.84. The summed E-state index contributed by atoms with van der Waals surface area (Å²) in [5, 5.41) is 0. The summed E-state index contributed by atoms with van der Waals surface area (Å²) in [5.41, 5.74) is 6.48. The van der Waals surface area contributed by atoms with Crippen molar-refractivity contribution in [1.82, 2.24) is 4.98 Å². The van der Waals surface area contributed by atoms with Crippen LogP contribution < -0.4 is 11.3 Å². The van der Waals surface area contributed by atoms with Crippen molar-refractivity contribution in [3.8, 4) is 0 Å². The number of nitrogen functional groups attached to an aromatic ring is 1. The van der Waals surface area contributed by atoms with Crippen molar-refractivity contribution in [2.75, 3.05) is 5.43 Å². The lowest BCUT2D eigenvalue weighted by atomic mass is 9.92. The molecule has 0 atom stereocenters. The van der Waals surface area contributed by atoms with E-state index in [-0.39, 0.29) is 0 Å². The summed E-state index contributed by atoms with van der Waals surface area (Å²) in [5.74, 6) is 6.30. The van der Waals surface area contributed by atoms with Gasteiger partial charge in [0.05, 0.1) is 0 Å². The van der Waals surface area contributed by atoms with E-state index in [2.05, 4.69) is 16.5 Å². The topological polar surface area (TPSA) is 50.9 Å². The van der Waals surface area contributed by atoms with Gasteiger partial charge < -0.3 is 5.43 Å². The molecule has 0 aromatic carbocycles. The zero-order valence-electron chi connectivity index (χ0n) is 7.93. The Morgan fingerprint density at radius 1 is 1.38 bits per heavy atom. The quantitative estimate of drug-likeness (QED) is 0.505. The summed E-state index contributed by atoms with van der Waals surface area (Å²) >= 11 is 0. The molecule has 1 aliphatic carbocycles. The highest BCUT2D eigenvalue weighted by atomic mass is 15.2. The molecule has 70 valence electrons. The molecule has 3 N–H and O–H groups in total. The van der Waals surface area contributed by atoms with Crippen molar-refractivity contribution in [1.29, 1.82) is 0 Å². The number of aryl methyl sites for hydroxylation is 2. The molecule has 3 nitrogen and oxygen atoms in total. The number of anilines is 1. The predicted molar refractivity (Wildman–Crippen MR) is 53.4 cm³/mol. The zero-order valence-corrected chi connectivity index (χ0v) is 7.93. The van der Waals surface area contributed by atoms with Crippen LogP contribution in [0.25, 0.3) is 0 Å².